The average molecular weight is 447 g/mol. The number of carbonyl (C=O) groups is 1. The van der Waals surface area contributed by atoms with Crippen molar-refractivity contribution in [3.63, 3.8) is 0 Å². The van der Waals surface area contributed by atoms with Gasteiger partial charge < -0.3 is 14.8 Å². The van der Waals surface area contributed by atoms with Crippen molar-refractivity contribution in [2.24, 2.45) is 0 Å². The Morgan fingerprint density at radius 2 is 1.77 bits per heavy atom. The zero-order chi connectivity index (χ0) is 22.4. The Morgan fingerprint density at radius 1 is 1.10 bits per heavy atom. The van der Waals surface area contributed by atoms with E-state index in [4.69, 9.17) is 9.47 Å². The van der Waals surface area contributed by atoms with Gasteiger partial charge in [0.2, 0.25) is 10.0 Å². The number of sulfonamides is 1. The summed E-state index contributed by atoms with van der Waals surface area (Å²) in [5, 5.41) is 2.79. The monoisotopic (exact) mass is 446 g/mol. The number of nitrogens with zero attached hydrogens (tertiary/aromatic N) is 1. The molecule has 3 rings (SSSR count). The first-order valence-corrected chi connectivity index (χ1v) is 12.0. The van der Waals surface area contributed by atoms with Crippen molar-refractivity contribution in [1.29, 1.82) is 0 Å². The molecule has 0 aliphatic carbocycles. The third-order valence-electron chi connectivity index (χ3n) is 5.21. The molecule has 0 spiro atoms. The maximum atomic E-state index is 12.5. The van der Waals surface area contributed by atoms with Gasteiger partial charge in [0.05, 0.1) is 11.4 Å². The summed E-state index contributed by atoms with van der Waals surface area (Å²) < 4.78 is 38.0. The fraction of sp³-hybridized carbons (Fsp3) is 0.435. The van der Waals surface area contributed by atoms with E-state index in [1.165, 1.54) is 4.31 Å². The highest BCUT2D eigenvalue weighted by molar-refractivity contribution is 7.89. The molecule has 1 atom stereocenters. The molecule has 8 heteroatoms. The first kappa shape index (κ1) is 23.1. The highest BCUT2D eigenvalue weighted by Crippen LogP contribution is 2.23. The minimum atomic E-state index is -3.43. The van der Waals surface area contributed by atoms with Crippen LogP contribution in [-0.2, 0) is 14.8 Å². The van der Waals surface area contributed by atoms with Crippen molar-refractivity contribution in [3.05, 3.63) is 53.6 Å². The van der Waals surface area contributed by atoms with E-state index in [-0.39, 0.29) is 17.4 Å². The van der Waals surface area contributed by atoms with Gasteiger partial charge in [0, 0.05) is 13.1 Å². The van der Waals surface area contributed by atoms with Crippen LogP contribution < -0.4 is 14.8 Å². The van der Waals surface area contributed by atoms with Crippen molar-refractivity contribution in [2.75, 3.05) is 26.2 Å². The van der Waals surface area contributed by atoms with E-state index >= 15 is 0 Å². The normalized spacial score (nSPS) is 15.5. The largest absolute Gasteiger partial charge is 0.492 e. The van der Waals surface area contributed by atoms with Crippen LogP contribution in [0.25, 0.3) is 0 Å². The minimum Gasteiger partial charge on any atom is -0.492 e. The van der Waals surface area contributed by atoms with Crippen LogP contribution in [0.15, 0.2) is 47.4 Å². The van der Waals surface area contributed by atoms with E-state index in [0.717, 1.165) is 24.0 Å². The molecule has 1 N–H and O–H groups in total. The number of ether oxygens (including phenoxy) is 2. The Bertz CT molecular complexity index is 999. The molecule has 0 bridgehead atoms. The van der Waals surface area contributed by atoms with Gasteiger partial charge in [-0.15, -0.1) is 0 Å². The van der Waals surface area contributed by atoms with Gasteiger partial charge in [-0.05, 0) is 75.1 Å². The summed E-state index contributed by atoms with van der Waals surface area (Å²) in [7, 11) is -3.43. The smallest absolute Gasteiger partial charge is 0.260 e. The second-order valence-electron chi connectivity index (χ2n) is 7.75. The van der Waals surface area contributed by atoms with Crippen LogP contribution in [0.4, 0.5) is 0 Å². The fourth-order valence-corrected chi connectivity index (χ4v) is 4.87. The van der Waals surface area contributed by atoms with E-state index in [1.807, 2.05) is 32.0 Å². The standard InChI is InChI=1S/C23H30N2O5S/c1-17-6-7-18(2)22(16-17)30-19(3)23(26)24-12-15-29-20-8-10-21(11-9-20)31(27,28)25-13-4-5-14-25/h6-11,16,19H,4-5,12-15H2,1-3H3,(H,24,26)/t19-/m1/s1. The molecule has 1 heterocycles. The zero-order valence-electron chi connectivity index (χ0n) is 18.3. The van der Waals surface area contributed by atoms with Crippen molar-refractivity contribution in [1.82, 2.24) is 9.62 Å². The van der Waals surface area contributed by atoms with Crippen molar-refractivity contribution in [2.45, 2.75) is 44.6 Å². The first-order valence-electron chi connectivity index (χ1n) is 10.5. The lowest BCUT2D eigenvalue weighted by molar-refractivity contribution is -0.127. The molecule has 0 unspecified atom stereocenters. The van der Waals surface area contributed by atoms with E-state index in [1.54, 1.807) is 31.2 Å². The number of carbonyl (C=O) groups excluding carboxylic acids is 1. The zero-order valence-corrected chi connectivity index (χ0v) is 19.1. The van der Waals surface area contributed by atoms with Crippen LogP contribution in [-0.4, -0.2) is 51.0 Å². The molecule has 168 valence electrons. The molecule has 0 aromatic heterocycles. The van der Waals surface area contributed by atoms with Gasteiger partial charge >= 0.3 is 0 Å². The molecule has 2 aromatic rings. The third-order valence-corrected chi connectivity index (χ3v) is 7.13. The molecule has 0 saturated carbocycles. The summed E-state index contributed by atoms with van der Waals surface area (Å²) in [5.74, 6) is 1.02. The number of rotatable bonds is 9. The number of aryl methyl sites for hydroxylation is 2. The van der Waals surface area contributed by atoms with E-state index < -0.39 is 16.1 Å². The van der Waals surface area contributed by atoms with Crippen LogP contribution in [0.3, 0.4) is 0 Å². The van der Waals surface area contributed by atoms with Gasteiger partial charge in [0.15, 0.2) is 6.10 Å². The van der Waals surface area contributed by atoms with Crippen LogP contribution in [0.5, 0.6) is 11.5 Å². The lowest BCUT2D eigenvalue weighted by Gasteiger charge is -2.17. The predicted molar refractivity (Wildman–Crippen MR) is 119 cm³/mol. The first-order chi connectivity index (χ1) is 14.8. The van der Waals surface area contributed by atoms with Crippen LogP contribution in [0.2, 0.25) is 0 Å². The average Bonchev–Trinajstić information content (AvgIpc) is 3.30. The second kappa shape index (κ2) is 10.2. The molecular formula is C23H30N2O5S. The number of hydrogen-bond acceptors (Lipinski definition) is 5. The number of benzene rings is 2. The molecule has 2 aromatic carbocycles. The molecule has 7 nitrogen and oxygen atoms in total. The van der Waals surface area contributed by atoms with E-state index in [0.29, 0.717) is 31.1 Å². The Hall–Kier alpha value is -2.58. The summed E-state index contributed by atoms with van der Waals surface area (Å²) >= 11 is 0. The highest BCUT2D eigenvalue weighted by Gasteiger charge is 2.26. The Balaban J connectivity index is 1.44. The van der Waals surface area contributed by atoms with Crippen molar-refractivity contribution >= 4 is 15.9 Å². The molecule has 1 aliphatic heterocycles. The minimum absolute atomic E-state index is 0.225. The van der Waals surface area contributed by atoms with Gasteiger partial charge in [-0.25, -0.2) is 8.42 Å². The summed E-state index contributed by atoms with van der Waals surface area (Å²) in [5.41, 5.74) is 2.05. The lowest BCUT2D eigenvalue weighted by Crippen LogP contribution is -2.38. The molecule has 1 amide bonds. The molecule has 1 aliphatic rings. The van der Waals surface area contributed by atoms with Crippen LogP contribution >= 0.6 is 0 Å². The third kappa shape index (κ3) is 5.98. The van der Waals surface area contributed by atoms with Crippen LogP contribution in [0.1, 0.15) is 30.9 Å². The molecule has 31 heavy (non-hydrogen) atoms. The Kier molecular flexibility index (Phi) is 7.56. The predicted octanol–water partition coefficient (Wildman–Crippen LogP) is 3.05. The lowest BCUT2D eigenvalue weighted by atomic mass is 10.1. The van der Waals surface area contributed by atoms with Gasteiger partial charge in [-0.2, -0.15) is 4.31 Å². The maximum absolute atomic E-state index is 12.5. The number of amides is 1. The number of nitrogens with one attached hydrogen (secondary N) is 1. The molecular weight excluding hydrogens is 416 g/mol. The highest BCUT2D eigenvalue weighted by atomic mass is 32.2. The summed E-state index contributed by atoms with van der Waals surface area (Å²) in [6.07, 6.45) is 1.18. The van der Waals surface area contributed by atoms with Crippen molar-refractivity contribution in [3.8, 4) is 11.5 Å². The van der Waals surface area contributed by atoms with E-state index in [9.17, 15) is 13.2 Å². The van der Waals surface area contributed by atoms with Crippen LogP contribution in [0, 0.1) is 13.8 Å². The Morgan fingerprint density at radius 3 is 2.45 bits per heavy atom. The van der Waals surface area contributed by atoms with E-state index in [2.05, 4.69) is 5.32 Å². The van der Waals surface area contributed by atoms with Gasteiger partial charge in [0.25, 0.3) is 5.91 Å². The quantitative estimate of drug-likeness (QED) is 0.599. The molecule has 0 radical (unpaired) electrons. The molecule has 1 fully saturated rings. The topological polar surface area (TPSA) is 84.9 Å². The summed E-state index contributed by atoms with van der Waals surface area (Å²) in [4.78, 5) is 12.5. The maximum Gasteiger partial charge on any atom is 0.260 e. The summed E-state index contributed by atoms with van der Waals surface area (Å²) in [6.45, 7) is 7.35. The number of hydrogen-bond donors (Lipinski definition) is 1. The molecule has 1 saturated heterocycles. The van der Waals surface area contributed by atoms with Crippen molar-refractivity contribution < 1.29 is 22.7 Å². The second-order valence-corrected chi connectivity index (χ2v) is 9.69. The Labute approximate surface area is 184 Å². The SMILES string of the molecule is Cc1ccc(C)c(O[C@H](C)C(=O)NCCOc2ccc(S(=O)(=O)N3CCCC3)cc2)c1. The van der Waals surface area contributed by atoms with Gasteiger partial charge in [-0.1, -0.05) is 12.1 Å². The van der Waals surface area contributed by atoms with Gasteiger partial charge in [0.1, 0.15) is 18.1 Å². The van der Waals surface area contributed by atoms with Gasteiger partial charge in [-0.3, -0.25) is 4.79 Å². The fourth-order valence-electron chi connectivity index (χ4n) is 3.35. The summed E-state index contributed by atoms with van der Waals surface area (Å²) in [6, 6.07) is 12.3.